The lowest BCUT2D eigenvalue weighted by Gasteiger charge is -2.10. The zero-order valence-electron chi connectivity index (χ0n) is 15.0. The lowest BCUT2D eigenvalue weighted by molar-refractivity contribution is 0.629. The normalized spacial score (nSPS) is 10.5. The summed E-state index contributed by atoms with van der Waals surface area (Å²) >= 11 is 0. The molecule has 0 amide bonds. The van der Waals surface area contributed by atoms with Crippen molar-refractivity contribution in [2.75, 3.05) is 0 Å². The molecule has 144 valence electrons. The average Bonchev–Trinajstić information content (AvgIpc) is 2.99. The molecular formula is C19H19F2N7. The van der Waals surface area contributed by atoms with Crippen LogP contribution in [0.3, 0.4) is 0 Å². The van der Waals surface area contributed by atoms with Crippen LogP contribution in [0, 0.1) is 11.6 Å². The summed E-state index contributed by atoms with van der Waals surface area (Å²) in [7, 11) is 1.83. The monoisotopic (exact) mass is 383 g/mol. The van der Waals surface area contributed by atoms with Crippen LogP contribution in [-0.4, -0.2) is 16.5 Å². The Balaban J connectivity index is 2.07. The molecule has 0 saturated heterocycles. The van der Waals surface area contributed by atoms with Crippen molar-refractivity contribution in [2.24, 2.45) is 40.0 Å². The highest BCUT2D eigenvalue weighted by molar-refractivity contribution is 5.81. The first-order valence-corrected chi connectivity index (χ1v) is 8.21. The highest BCUT2D eigenvalue weighted by atomic mass is 19.1. The van der Waals surface area contributed by atoms with Crippen LogP contribution in [0.25, 0.3) is 22.5 Å². The second kappa shape index (κ2) is 7.39. The van der Waals surface area contributed by atoms with E-state index in [0.717, 1.165) is 11.4 Å². The second-order valence-electron chi connectivity index (χ2n) is 6.07. The third kappa shape index (κ3) is 3.78. The molecule has 3 aromatic rings. The SMILES string of the molecule is Cn1c(-c2ccc(F)c(N=C(N)N)c2)ccc1-c1ccc(F)c(N=C(N)N)c1. The highest BCUT2D eigenvalue weighted by Crippen LogP contribution is 2.33. The van der Waals surface area contributed by atoms with Crippen molar-refractivity contribution in [2.45, 2.75) is 0 Å². The standard InChI is InChI=1S/C19H19F2N7/c1-28-16(10-2-4-12(20)14(8-10)26-18(22)23)6-7-17(28)11-3-5-13(21)15(9-11)27-19(24)25/h2-9H,1H3,(H4,22,23,26)(H4,24,25,27). The number of hydrogen-bond donors (Lipinski definition) is 4. The first-order chi connectivity index (χ1) is 13.3. The zero-order valence-corrected chi connectivity index (χ0v) is 15.0. The summed E-state index contributed by atoms with van der Waals surface area (Å²) < 4.78 is 29.7. The number of hydrogen-bond acceptors (Lipinski definition) is 2. The molecule has 9 heteroatoms. The molecule has 0 aliphatic heterocycles. The topological polar surface area (TPSA) is 134 Å². The lowest BCUT2D eigenvalue weighted by Crippen LogP contribution is -2.22. The third-order valence-corrected chi connectivity index (χ3v) is 4.10. The van der Waals surface area contributed by atoms with E-state index in [4.69, 9.17) is 22.9 Å². The van der Waals surface area contributed by atoms with Crippen LogP contribution in [-0.2, 0) is 7.05 Å². The van der Waals surface area contributed by atoms with Gasteiger partial charge in [-0.1, -0.05) is 0 Å². The number of aromatic nitrogens is 1. The van der Waals surface area contributed by atoms with Crippen LogP contribution in [0.2, 0.25) is 0 Å². The van der Waals surface area contributed by atoms with Gasteiger partial charge in [-0.05, 0) is 48.5 Å². The molecule has 7 nitrogen and oxygen atoms in total. The fourth-order valence-corrected chi connectivity index (χ4v) is 2.88. The van der Waals surface area contributed by atoms with Gasteiger partial charge in [-0.2, -0.15) is 0 Å². The van der Waals surface area contributed by atoms with Gasteiger partial charge in [-0.3, -0.25) is 0 Å². The molecule has 1 aromatic heterocycles. The number of rotatable bonds is 4. The first kappa shape index (κ1) is 18.9. The Kier molecular flexibility index (Phi) is 4.99. The van der Waals surface area contributed by atoms with Gasteiger partial charge in [-0.15, -0.1) is 0 Å². The molecule has 0 bridgehead atoms. The molecule has 8 N–H and O–H groups in total. The van der Waals surface area contributed by atoms with E-state index in [9.17, 15) is 8.78 Å². The van der Waals surface area contributed by atoms with E-state index in [0.29, 0.717) is 11.1 Å². The Bertz CT molecular complexity index is 1010. The van der Waals surface area contributed by atoms with Gasteiger partial charge in [0.15, 0.2) is 11.9 Å². The van der Waals surface area contributed by atoms with Crippen molar-refractivity contribution in [3.05, 3.63) is 60.2 Å². The molecule has 0 atom stereocenters. The summed E-state index contributed by atoms with van der Waals surface area (Å²) in [4.78, 5) is 7.59. The van der Waals surface area contributed by atoms with Crippen LogP contribution in [0.5, 0.6) is 0 Å². The minimum Gasteiger partial charge on any atom is -0.370 e. The first-order valence-electron chi connectivity index (χ1n) is 8.21. The number of nitrogens with two attached hydrogens (primary N) is 4. The Morgan fingerprint density at radius 1 is 0.714 bits per heavy atom. The Morgan fingerprint density at radius 3 is 1.46 bits per heavy atom. The van der Waals surface area contributed by atoms with Crippen molar-refractivity contribution >= 4 is 23.3 Å². The number of halogens is 2. The zero-order chi connectivity index (χ0) is 20.4. The van der Waals surface area contributed by atoms with Crippen molar-refractivity contribution in [3.8, 4) is 22.5 Å². The molecular weight excluding hydrogens is 364 g/mol. The van der Waals surface area contributed by atoms with E-state index in [1.807, 2.05) is 23.7 Å². The Morgan fingerprint density at radius 2 is 1.11 bits per heavy atom. The molecule has 0 radical (unpaired) electrons. The Hall–Kier alpha value is -3.88. The summed E-state index contributed by atoms with van der Waals surface area (Å²) in [5, 5.41) is 0. The van der Waals surface area contributed by atoms with Crippen LogP contribution in [0.15, 0.2) is 58.5 Å². The summed E-state index contributed by atoms with van der Waals surface area (Å²) in [6.45, 7) is 0. The van der Waals surface area contributed by atoms with E-state index >= 15 is 0 Å². The maximum atomic E-state index is 13.9. The van der Waals surface area contributed by atoms with Gasteiger partial charge in [0, 0.05) is 29.6 Å². The maximum absolute atomic E-state index is 13.9. The smallest absolute Gasteiger partial charge is 0.191 e. The van der Waals surface area contributed by atoms with Crippen molar-refractivity contribution < 1.29 is 8.78 Å². The van der Waals surface area contributed by atoms with Gasteiger partial charge in [0.1, 0.15) is 23.0 Å². The fraction of sp³-hybridized carbons (Fsp3) is 0.0526. The van der Waals surface area contributed by atoms with Crippen molar-refractivity contribution in [1.29, 1.82) is 0 Å². The molecule has 0 saturated carbocycles. The molecule has 3 rings (SSSR count). The van der Waals surface area contributed by atoms with Crippen LogP contribution < -0.4 is 22.9 Å². The molecule has 1 heterocycles. The number of aliphatic imine (C=N–C) groups is 2. The van der Waals surface area contributed by atoms with Crippen LogP contribution in [0.1, 0.15) is 0 Å². The molecule has 0 fully saturated rings. The largest absolute Gasteiger partial charge is 0.370 e. The number of benzene rings is 2. The predicted octanol–water partition coefficient (Wildman–Crippen LogP) is 2.45. The average molecular weight is 383 g/mol. The lowest BCUT2D eigenvalue weighted by atomic mass is 10.1. The third-order valence-electron chi connectivity index (χ3n) is 4.10. The van der Waals surface area contributed by atoms with Crippen molar-refractivity contribution in [3.63, 3.8) is 0 Å². The molecule has 2 aromatic carbocycles. The molecule has 0 aliphatic carbocycles. The van der Waals surface area contributed by atoms with Crippen molar-refractivity contribution in [1.82, 2.24) is 4.57 Å². The van der Waals surface area contributed by atoms with Gasteiger partial charge >= 0.3 is 0 Å². The molecule has 0 aliphatic rings. The predicted molar refractivity (Wildman–Crippen MR) is 107 cm³/mol. The highest BCUT2D eigenvalue weighted by Gasteiger charge is 2.13. The maximum Gasteiger partial charge on any atom is 0.191 e. The van der Waals surface area contributed by atoms with Gasteiger partial charge in [0.05, 0.1) is 0 Å². The van der Waals surface area contributed by atoms with E-state index in [-0.39, 0.29) is 23.3 Å². The van der Waals surface area contributed by atoms with E-state index in [1.165, 1.54) is 12.1 Å². The summed E-state index contributed by atoms with van der Waals surface area (Å²) in [6, 6.07) is 12.6. The summed E-state index contributed by atoms with van der Waals surface area (Å²) in [6.07, 6.45) is 0. The quantitative estimate of drug-likeness (QED) is 0.407. The minimum absolute atomic E-state index is 0.0390. The van der Waals surface area contributed by atoms with Gasteiger partial charge in [0.25, 0.3) is 0 Å². The molecule has 0 spiro atoms. The van der Waals surface area contributed by atoms with Crippen LogP contribution in [0.4, 0.5) is 20.2 Å². The fourth-order valence-electron chi connectivity index (χ4n) is 2.88. The minimum atomic E-state index is -0.535. The van der Waals surface area contributed by atoms with E-state index in [2.05, 4.69) is 9.98 Å². The number of nitrogens with zero attached hydrogens (tertiary/aromatic N) is 3. The number of guanidine groups is 2. The van der Waals surface area contributed by atoms with Gasteiger partial charge < -0.3 is 27.5 Å². The van der Waals surface area contributed by atoms with Gasteiger partial charge in [-0.25, -0.2) is 18.8 Å². The van der Waals surface area contributed by atoms with Crippen LogP contribution >= 0.6 is 0 Å². The van der Waals surface area contributed by atoms with E-state index in [1.54, 1.807) is 24.3 Å². The second-order valence-corrected chi connectivity index (χ2v) is 6.07. The summed E-state index contributed by atoms with van der Waals surface area (Å²) in [5.74, 6) is -1.54. The summed E-state index contributed by atoms with van der Waals surface area (Å²) in [5.41, 5.74) is 24.5. The van der Waals surface area contributed by atoms with Gasteiger partial charge in [0.2, 0.25) is 0 Å². The van der Waals surface area contributed by atoms with E-state index < -0.39 is 11.6 Å². The molecule has 28 heavy (non-hydrogen) atoms. The Labute approximate surface area is 160 Å². The molecule has 0 unspecified atom stereocenters.